The third kappa shape index (κ3) is 5.74. The van der Waals surface area contributed by atoms with Crippen molar-refractivity contribution in [3.8, 4) is 11.8 Å². The van der Waals surface area contributed by atoms with Crippen molar-refractivity contribution < 1.29 is 9.47 Å². The molecule has 0 spiro atoms. The summed E-state index contributed by atoms with van der Waals surface area (Å²) in [5.74, 6) is 0.807. The molecule has 17 heavy (non-hydrogen) atoms. The highest BCUT2D eigenvalue weighted by atomic mass is 16.5. The number of hydrogen-bond donors (Lipinski definition) is 0. The Morgan fingerprint density at radius 1 is 1.24 bits per heavy atom. The first-order valence-corrected chi connectivity index (χ1v) is 5.64. The number of rotatable bonds is 7. The highest BCUT2D eigenvalue weighted by Crippen LogP contribution is 2.12. The summed E-state index contributed by atoms with van der Waals surface area (Å²) in [4.78, 5) is 0. The highest BCUT2D eigenvalue weighted by Gasteiger charge is 1.95. The smallest absolute Gasteiger partial charge is 0.119 e. The fourth-order valence-electron chi connectivity index (χ4n) is 1.26. The predicted molar refractivity (Wildman–Crippen MR) is 66.9 cm³/mol. The molecular weight excluding hydrogens is 214 g/mol. The van der Waals surface area contributed by atoms with E-state index in [1.165, 1.54) is 0 Å². The Morgan fingerprint density at radius 3 is 2.65 bits per heavy atom. The Bertz CT molecular complexity index is 376. The minimum atomic E-state index is 0.437. The molecule has 0 saturated heterocycles. The van der Waals surface area contributed by atoms with Crippen molar-refractivity contribution in [1.82, 2.24) is 0 Å². The van der Waals surface area contributed by atoms with Crippen LogP contribution in [0.25, 0.3) is 0 Å². The Morgan fingerprint density at radius 2 is 2.00 bits per heavy atom. The summed E-state index contributed by atoms with van der Waals surface area (Å²) in [6, 6.07) is 9.66. The van der Waals surface area contributed by atoms with Crippen LogP contribution in [-0.2, 0) is 11.2 Å². The van der Waals surface area contributed by atoms with Gasteiger partial charge in [0.05, 0.1) is 25.7 Å². The number of benzene rings is 1. The van der Waals surface area contributed by atoms with E-state index in [9.17, 15) is 0 Å². The summed E-state index contributed by atoms with van der Waals surface area (Å²) in [5.41, 5.74) is 1.00. The zero-order valence-electron chi connectivity index (χ0n) is 10.1. The molecule has 3 nitrogen and oxygen atoms in total. The summed E-state index contributed by atoms with van der Waals surface area (Å²) in [7, 11) is 0. The van der Waals surface area contributed by atoms with E-state index in [0.29, 0.717) is 26.2 Å². The van der Waals surface area contributed by atoms with Crippen molar-refractivity contribution in [2.24, 2.45) is 0 Å². The van der Waals surface area contributed by atoms with E-state index in [2.05, 4.69) is 6.07 Å². The lowest BCUT2D eigenvalue weighted by Gasteiger charge is -2.06. The van der Waals surface area contributed by atoms with Crippen LogP contribution in [0.4, 0.5) is 0 Å². The van der Waals surface area contributed by atoms with Crippen molar-refractivity contribution in [3.05, 3.63) is 42.0 Å². The molecule has 0 aromatic heterocycles. The molecule has 0 atom stereocenters. The summed E-state index contributed by atoms with van der Waals surface area (Å²) in [6.07, 6.45) is 4.35. The molecule has 1 aromatic rings. The quantitative estimate of drug-likeness (QED) is 0.535. The maximum atomic E-state index is 8.53. The second kappa shape index (κ2) is 8.37. The van der Waals surface area contributed by atoms with Gasteiger partial charge < -0.3 is 9.47 Å². The van der Waals surface area contributed by atoms with E-state index in [1.54, 1.807) is 0 Å². The molecule has 0 aliphatic heterocycles. The maximum Gasteiger partial charge on any atom is 0.119 e. The first kappa shape index (κ1) is 13.3. The Balaban J connectivity index is 2.21. The zero-order valence-corrected chi connectivity index (χ0v) is 10.1. The maximum absolute atomic E-state index is 8.53. The fraction of sp³-hybridized carbons (Fsp3) is 0.357. The zero-order chi connectivity index (χ0) is 12.3. The molecule has 0 unspecified atom stereocenters. The van der Waals surface area contributed by atoms with Gasteiger partial charge in [0.1, 0.15) is 12.4 Å². The van der Waals surface area contributed by atoms with Gasteiger partial charge in [-0.1, -0.05) is 24.3 Å². The number of allylic oxidation sites excluding steroid dienone is 1. The third-order valence-corrected chi connectivity index (χ3v) is 2.15. The molecule has 90 valence electrons. The molecule has 0 aliphatic rings. The normalized spacial score (nSPS) is 10.4. The van der Waals surface area contributed by atoms with Gasteiger partial charge in [0, 0.05) is 0 Å². The molecule has 0 saturated carbocycles. The van der Waals surface area contributed by atoms with Crippen LogP contribution in [0.15, 0.2) is 36.4 Å². The number of ether oxygens (including phenoxy) is 2. The molecule has 0 radical (unpaired) electrons. The fourth-order valence-corrected chi connectivity index (χ4v) is 1.26. The standard InChI is InChI=1S/C14H17NO2/c1-2-3-10-16-11-12-17-14-6-4-13(5-7-14)8-9-15/h2-7H,8,10-12H2,1H3/b3-2+. The average Bonchev–Trinajstić information content (AvgIpc) is 2.36. The van der Waals surface area contributed by atoms with Crippen molar-refractivity contribution >= 4 is 0 Å². The molecule has 3 heteroatoms. The molecular formula is C14H17NO2. The van der Waals surface area contributed by atoms with Gasteiger partial charge in [-0.15, -0.1) is 0 Å². The third-order valence-electron chi connectivity index (χ3n) is 2.15. The first-order valence-electron chi connectivity index (χ1n) is 5.64. The summed E-state index contributed by atoms with van der Waals surface area (Å²) >= 11 is 0. The molecule has 0 heterocycles. The van der Waals surface area contributed by atoms with Gasteiger partial charge >= 0.3 is 0 Å². The SMILES string of the molecule is C/C=C/COCCOc1ccc(CC#N)cc1. The van der Waals surface area contributed by atoms with E-state index in [0.717, 1.165) is 11.3 Å². The predicted octanol–water partition coefficient (Wildman–Crippen LogP) is 2.72. The van der Waals surface area contributed by atoms with Crippen LogP contribution in [0.2, 0.25) is 0 Å². The van der Waals surface area contributed by atoms with E-state index in [-0.39, 0.29) is 0 Å². The van der Waals surface area contributed by atoms with Gasteiger partial charge in [0.2, 0.25) is 0 Å². The van der Waals surface area contributed by atoms with Gasteiger partial charge in [-0.2, -0.15) is 5.26 Å². The molecule has 1 aromatic carbocycles. The lowest BCUT2D eigenvalue weighted by atomic mass is 10.2. The van der Waals surface area contributed by atoms with Gasteiger partial charge in [-0.3, -0.25) is 0 Å². The van der Waals surface area contributed by atoms with Crippen LogP contribution < -0.4 is 4.74 Å². The van der Waals surface area contributed by atoms with E-state index >= 15 is 0 Å². The molecule has 0 bridgehead atoms. The van der Waals surface area contributed by atoms with Gasteiger partial charge in [0.25, 0.3) is 0 Å². The van der Waals surface area contributed by atoms with Gasteiger partial charge in [-0.05, 0) is 24.6 Å². The number of nitriles is 1. The van der Waals surface area contributed by atoms with Crippen molar-refractivity contribution in [3.63, 3.8) is 0 Å². The molecule has 0 amide bonds. The largest absolute Gasteiger partial charge is 0.491 e. The van der Waals surface area contributed by atoms with Crippen LogP contribution in [-0.4, -0.2) is 19.8 Å². The number of hydrogen-bond acceptors (Lipinski definition) is 3. The topological polar surface area (TPSA) is 42.2 Å². The van der Waals surface area contributed by atoms with Crippen LogP contribution in [0.1, 0.15) is 12.5 Å². The van der Waals surface area contributed by atoms with Gasteiger partial charge in [0.15, 0.2) is 0 Å². The second-order valence-electron chi connectivity index (χ2n) is 3.47. The molecule has 0 N–H and O–H groups in total. The lowest BCUT2D eigenvalue weighted by molar-refractivity contribution is 0.121. The summed E-state index contributed by atoms with van der Waals surface area (Å²) in [5, 5.41) is 8.53. The van der Waals surface area contributed by atoms with E-state index < -0.39 is 0 Å². The first-order chi connectivity index (χ1) is 8.36. The molecule has 0 aliphatic carbocycles. The monoisotopic (exact) mass is 231 g/mol. The molecule has 0 fully saturated rings. The Labute approximate surface area is 102 Å². The van der Waals surface area contributed by atoms with E-state index in [4.69, 9.17) is 14.7 Å². The lowest BCUT2D eigenvalue weighted by Crippen LogP contribution is -2.06. The molecule has 1 rings (SSSR count). The van der Waals surface area contributed by atoms with Crippen LogP contribution in [0, 0.1) is 11.3 Å². The van der Waals surface area contributed by atoms with E-state index in [1.807, 2.05) is 43.3 Å². The van der Waals surface area contributed by atoms with Gasteiger partial charge in [-0.25, -0.2) is 0 Å². The summed E-state index contributed by atoms with van der Waals surface area (Å²) < 4.78 is 10.8. The van der Waals surface area contributed by atoms with Crippen molar-refractivity contribution in [2.75, 3.05) is 19.8 Å². The van der Waals surface area contributed by atoms with Crippen LogP contribution in [0.5, 0.6) is 5.75 Å². The minimum absolute atomic E-state index is 0.437. The second-order valence-corrected chi connectivity index (χ2v) is 3.47. The Hall–Kier alpha value is -1.79. The van der Waals surface area contributed by atoms with Crippen LogP contribution >= 0.6 is 0 Å². The average molecular weight is 231 g/mol. The Kier molecular flexibility index (Phi) is 6.54. The van der Waals surface area contributed by atoms with Crippen LogP contribution in [0.3, 0.4) is 0 Å². The summed E-state index contributed by atoms with van der Waals surface area (Å²) in [6.45, 7) is 3.70. The minimum Gasteiger partial charge on any atom is -0.491 e. The highest BCUT2D eigenvalue weighted by molar-refractivity contribution is 5.28. The van der Waals surface area contributed by atoms with Crippen molar-refractivity contribution in [1.29, 1.82) is 5.26 Å². The van der Waals surface area contributed by atoms with Crippen molar-refractivity contribution in [2.45, 2.75) is 13.3 Å². The number of nitrogens with zero attached hydrogens (tertiary/aromatic N) is 1.